The lowest BCUT2D eigenvalue weighted by atomic mass is 9.95. The molecule has 3 rings (SSSR count). The standard InChI is InChI=1S/C17H24ClN3O4S/c1-26(23,24)21-9-5-13(6-10-21)17(22)20-8-2-3-14(12-20)25-16-4-7-19-11-15(16)18/h4,7,11,13-14H,2-3,5-6,8-10,12H2,1H3. The lowest BCUT2D eigenvalue weighted by Crippen LogP contribution is -2.49. The third-order valence-electron chi connectivity index (χ3n) is 4.99. The molecule has 2 saturated heterocycles. The Morgan fingerprint density at radius 2 is 2.00 bits per heavy atom. The molecule has 144 valence electrons. The van der Waals surface area contributed by atoms with Crippen LogP contribution < -0.4 is 4.74 Å². The summed E-state index contributed by atoms with van der Waals surface area (Å²) in [6.45, 7) is 2.07. The molecule has 7 nitrogen and oxygen atoms in total. The summed E-state index contributed by atoms with van der Waals surface area (Å²) in [5, 5.41) is 0.462. The van der Waals surface area contributed by atoms with Crippen LogP contribution in [-0.2, 0) is 14.8 Å². The number of nitrogens with zero attached hydrogens (tertiary/aromatic N) is 3. The number of likely N-dealkylation sites (tertiary alicyclic amines) is 1. The largest absolute Gasteiger partial charge is 0.487 e. The summed E-state index contributed by atoms with van der Waals surface area (Å²) in [7, 11) is -3.18. The van der Waals surface area contributed by atoms with Gasteiger partial charge in [-0.15, -0.1) is 0 Å². The normalized spacial score (nSPS) is 23.0. The van der Waals surface area contributed by atoms with Crippen LogP contribution in [0.15, 0.2) is 18.5 Å². The van der Waals surface area contributed by atoms with Crippen LogP contribution in [0.3, 0.4) is 0 Å². The van der Waals surface area contributed by atoms with Crippen molar-refractivity contribution in [2.24, 2.45) is 5.92 Å². The third kappa shape index (κ3) is 4.66. The van der Waals surface area contributed by atoms with Crippen molar-refractivity contribution in [2.75, 3.05) is 32.4 Å². The molecule has 2 fully saturated rings. The number of pyridine rings is 1. The van der Waals surface area contributed by atoms with E-state index in [1.807, 2.05) is 4.90 Å². The van der Waals surface area contributed by atoms with E-state index in [0.717, 1.165) is 19.4 Å². The van der Waals surface area contributed by atoms with Crippen molar-refractivity contribution in [1.29, 1.82) is 0 Å². The fourth-order valence-corrected chi connectivity index (χ4v) is 4.60. The van der Waals surface area contributed by atoms with Gasteiger partial charge in [-0.2, -0.15) is 0 Å². The molecule has 26 heavy (non-hydrogen) atoms. The molecule has 1 amide bonds. The minimum atomic E-state index is -3.18. The number of sulfonamides is 1. The zero-order chi connectivity index (χ0) is 18.7. The summed E-state index contributed by atoms with van der Waals surface area (Å²) in [5.41, 5.74) is 0. The molecule has 0 bridgehead atoms. The number of halogens is 1. The highest BCUT2D eigenvalue weighted by Crippen LogP contribution is 2.27. The number of aromatic nitrogens is 1. The Morgan fingerprint density at radius 1 is 1.27 bits per heavy atom. The summed E-state index contributed by atoms with van der Waals surface area (Å²) in [6.07, 6.45) is 7.18. The molecule has 1 aromatic heterocycles. The van der Waals surface area contributed by atoms with Crippen LogP contribution >= 0.6 is 11.6 Å². The van der Waals surface area contributed by atoms with Crippen LogP contribution in [0.1, 0.15) is 25.7 Å². The fraction of sp³-hybridized carbons (Fsp3) is 0.647. The number of rotatable bonds is 4. The first-order chi connectivity index (χ1) is 12.3. The quantitative estimate of drug-likeness (QED) is 0.768. The lowest BCUT2D eigenvalue weighted by Gasteiger charge is -2.37. The topological polar surface area (TPSA) is 79.8 Å². The number of piperidine rings is 2. The van der Waals surface area contributed by atoms with E-state index < -0.39 is 10.0 Å². The van der Waals surface area contributed by atoms with Crippen molar-refractivity contribution in [3.63, 3.8) is 0 Å². The Bertz CT molecular complexity index is 750. The van der Waals surface area contributed by atoms with E-state index in [2.05, 4.69) is 4.98 Å². The van der Waals surface area contributed by atoms with Gasteiger partial charge in [-0.3, -0.25) is 9.78 Å². The number of amides is 1. The minimum Gasteiger partial charge on any atom is -0.487 e. The third-order valence-corrected chi connectivity index (χ3v) is 6.58. The Kier molecular flexibility index (Phi) is 6.04. The van der Waals surface area contributed by atoms with Crippen molar-refractivity contribution >= 4 is 27.5 Å². The lowest BCUT2D eigenvalue weighted by molar-refractivity contribution is -0.139. The molecular formula is C17H24ClN3O4S. The fourth-order valence-electron chi connectivity index (χ4n) is 3.56. The summed E-state index contributed by atoms with van der Waals surface area (Å²) >= 11 is 6.09. The van der Waals surface area contributed by atoms with Gasteiger partial charge in [0.25, 0.3) is 0 Å². The van der Waals surface area contributed by atoms with Crippen molar-refractivity contribution < 1.29 is 17.9 Å². The van der Waals surface area contributed by atoms with Gasteiger partial charge in [0, 0.05) is 44.0 Å². The van der Waals surface area contributed by atoms with E-state index in [-0.39, 0.29) is 17.9 Å². The molecule has 2 aliphatic rings. The van der Waals surface area contributed by atoms with Gasteiger partial charge in [-0.05, 0) is 25.7 Å². The van der Waals surface area contributed by atoms with Gasteiger partial charge in [0.15, 0.2) is 0 Å². The van der Waals surface area contributed by atoms with Gasteiger partial charge in [0.05, 0.1) is 12.8 Å². The summed E-state index contributed by atoms with van der Waals surface area (Å²) in [5.74, 6) is 0.575. The van der Waals surface area contributed by atoms with Gasteiger partial charge in [-0.1, -0.05) is 11.6 Å². The second kappa shape index (κ2) is 8.10. The predicted molar refractivity (Wildman–Crippen MR) is 98.6 cm³/mol. The van der Waals surface area contributed by atoms with Gasteiger partial charge in [0.2, 0.25) is 15.9 Å². The van der Waals surface area contributed by atoms with Crippen molar-refractivity contribution in [3.05, 3.63) is 23.5 Å². The van der Waals surface area contributed by atoms with E-state index in [1.54, 1.807) is 12.3 Å². The first-order valence-electron chi connectivity index (χ1n) is 8.84. The van der Waals surface area contributed by atoms with Crippen molar-refractivity contribution in [3.8, 4) is 5.75 Å². The molecular weight excluding hydrogens is 378 g/mol. The molecule has 3 heterocycles. The molecule has 2 aliphatic heterocycles. The second-order valence-corrected chi connectivity index (χ2v) is 9.30. The van der Waals surface area contributed by atoms with E-state index in [1.165, 1.54) is 16.8 Å². The molecule has 0 radical (unpaired) electrons. The highest BCUT2D eigenvalue weighted by molar-refractivity contribution is 7.88. The van der Waals surface area contributed by atoms with Gasteiger partial charge >= 0.3 is 0 Å². The SMILES string of the molecule is CS(=O)(=O)N1CCC(C(=O)N2CCCC(Oc3ccncc3Cl)C2)CC1. The maximum absolute atomic E-state index is 12.8. The second-order valence-electron chi connectivity index (χ2n) is 6.91. The number of hydrogen-bond donors (Lipinski definition) is 0. The van der Waals surface area contributed by atoms with Crippen LogP contribution in [0.25, 0.3) is 0 Å². The van der Waals surface area contributed by atoms with E-state index in [0.29, 0.717) is 43.2 Å². The highest BCUT2D eigenvalue weighted by atomic mass is 35.5. The maximum Gasteiger partial charge on any atom is 0.225 e. The summed E-state index contributed by atoms with van der Waals surface area (Å²) in [6, 6.07) is 1.73. The Labute approximate surface area is 159 Å². The molecule has 0 aromatic carbocycles. The molecule has 1 unspecified atom stereocenters. The monoisotopic (exact) mass is 401 g/mol. The Morgan fingerprint density at radius 3 is 2.65 bits per heavy atom. The summed E-state index contributed by atoms with van der Waals surface area (Å²) < 4.78 is 30.6. The number of carbonyl (C=O) groups excluding carboxylic acids is 1. The predicted octanol–water partition coefficient (Wildman–Crippen LogP) is 1.78. The van der Waals surface area contributed by atoms with Crippen molar-refractivity contribution in [2.45, 2.75) is 31.8 Å². The number of ether oxygens (including phenoxy) is 1. The van der Waals surface area contributed by atoms with Crippen LogP contribution in [0.4, 0.5) is 0 Å². The van der Waals surface area contributed by atoms with Gasteiger partial charge in [-0.25, -0.2) is 12.7 Å². The Hall–Kier alpha value is -1.38. The molecule has 1 atom stereocenters. The van der Waals surface area contributed by atoms with Gasteiger partial charge < -0.3 is 9.64 Å². The van der Waals surface area contributed by atoms with Gasteiger partial charge in [0.1, 0.15) is 16.9 Å². The highest BCUT2D eigenvalue weighted by Gasteiger charge is 2.33. The van der Waals surface area contributed by atoms with E-state index in [9.17, 15) is 13.2 Å². The number of hydrogen-bond acceptors (Lipinski definition) is 5. The van der Waals surface area contributed by atoms with Crippen LogP contribution in [0.5, 0.6) is 5.75 Å². The van der Waals surface area contributed by atoms with Crippen LogP contribution in [0.2, 0.25) is 5.02 Å². The first kappa shape index (κ1) is 19.4. The molecule has 0 aliphatic carbocycles. The van der Waals surface area contributed by atoms with E-state index in [4.69, 9.17) is 16.3 Å². The summed E-state index contributed by atoms with van der Waals surface area (Å²) in [4.78, 5) is 18.6. The number of carbonyl (C=O) groups is 1. The van der Waals surface area contributed by atoms with Crippen LogP contribution in [-0.4, -0.2) is 67.1 Å². The molecule has 0 saturated carbocycles. The molecule has 1 aromatic rings. The molecule has 9 heteroatoms. The zero-order valence-electron chi connectivity index (χ0n) is 14.8. The average Bonchev–Trinajstić information content (AvgIpc) is 2.63. The first-order valence-corrected chi connectivity index (χ1v) is 11.1. The minimum absolute atomic E-state index is 0.0938. The zero-order valence-corrected chi connectivity index (χ0v) is 16.4. The maximum atomic E-state index is 12.8. The average molecular weight is 402 g/mol. The Balaban J connectivity index is 1.56. The molecule has 0 spiro atoms. The van der Waals surface area contributed by atoms with Crippen LogP contribution in [0, 0.1) is 5.92 Å². The smallest absolute Gasteiger partial charge is 0.225 e. The van der Waals surface area contributed by atoms with Crippen molar-refractivity contribution in [1.82, 2.24) is 14.2 Å². The van der Waals surface area contributed by atoms with E-state index >= 15 is 0 Å². The molecule has 0 N–H and O–H groups in total.